The van der Waals surface area contributed by atoms with Gasteiger partial charge in [-0.1, -0.05) is 22.8 Å². The van der Waals surface area contributed by atoms with E-state index in [-0.39, 0.29) is 18.9 Å². The summed E-state index contributed by atoms with van der Waals surface area (Å²) in [4.78, 5) is 0. The maximum atomic E-state index is 2.26. The average molecular weight is 116 g/mol. The van der Waals surface area contributed by atoms with Gasteiger partial charge in [-0.25, -0.2) is 0 Å². The molecule has 0 aromatic rings. The molecule has 0 aromatic carbocycles. The molecule has 0 nitrogen and oxygen atoms in total. The summed E-state index contributed by atoms with van der Waals surface area (Å²) in [6, 6.07) is 0. The Labute approximate surface area is 69.2 Å². The number of hydrogen-bond acceptors (Lipinski definition) is 0. The second kappa shape index (κ2) is 3.30. The van der Waals surface area contributed by atoms with Crippen LogP contribution in [0.5, 0.6) is 0 Å². The van der Waals surface area contributed by atoms with Crippen molar-refractivity contribution in [2.24, 2.45) is 0 Å². The molecular formula is C8H13Li. The van der Waals surface area contributed by atoms with E-state index in [0.717, 1.165) is 0 Å². The van der Waals surface area contributed by atoms with E-state index in [2.05, 4.69) is 26.8 Å². The topological polar surface area (TPSA) is 0 Å². The van der Waals surface area contributed by atoms with Crippen LogP contribution in [0.15, 0.2) is 22.8 Å². The molecule has 0 fully saturated rings. The molecule has 0 saturated carbocycles. The standard InChI is InChI=1S/C8H12.Li.H/c1-6-4-7(2)8(3)5-6;;/h4H,5H2,1-3H3;;. The summed E-state index contributed by atoms with van der Waals surface area (Å²) in [5.41, 5.74) is 4.49. The fraction of sp³-hybridized carbons (Fsp3) is 0.500. The van der Waals surface area contributed by atoms with Gasteiger partial charge in [0.2, 0.25) is 0 Å². The molecule has 1 rings (SSSR count). The Morgan fingerprint density at radius 1 is 1.22 bits per heavy atom. The Bertz CT molecular complexity index is 163. The summed E-state index contributed by atoms with van der Waals surface area (Å²) < 4.78 is 0. The van der Waals surface area contributed by atoms with Crippen molar-refractivity contribution in [3.63, 3.8) is 0 Å². The monoisotopic (exact) mass is 116 g/mol. The van der Waals surface area contributed by atoms with Gasteiger partial charge in [0, 0.05) is 0 Å². The summed E-state index contributed by atoms with van der Waals surface area (Å²) >= 11 is 0. The Morgan fingerprint density at radius 3 is 1.89 bits per heavy atom. The maximum absolute atomic E-state index is 2.26. The van der Waals surface area contributed by atoms with E-state index in [9.17, 15) is 0 Å². The van der Waals surface area contributed by atoms with Crippen LogP contribution < -0.4 is 0 Å². The molecule has 0 saturated heterocycles. The first-order chi connectivity index (χ1) is 3.70. The predicted octanol–water partition coefficient (Wildman–Crippen LogP) is 2.02. The van der Waals surface area contributed by atoms with Crippen LogP contribution in [0.4, 0.5) is 0 Å². The Hall–Kier alpha value is 0.0774. The molecule has 9 heavy (non-hydrogen) atoms. The van der Waals surface area contributed by atoms with Gasteiger partial charge >= 0.3 is 18.9 Å². The first-order valence-corrected chi connectivity index (χ1v) is 3.03. The molecule has 0 amide bonds. The molecule has 0 radical (unpaired) electrons. The van der Waals surface area contributed by atoms with E-state index in [0.29, 0.717) is 0 Å². The Morgan fingerprint density at radius 2 is 1.78 bits per heavy atom. The molecule has 0 spiro atoms. The summed E-state index contributed by atoms with van der Waals surface area (Å²) in [5.74, 6) is 0. The second-order valence-electron chi connectivity index (χ2n) is 2.63. The zero-order valence-corrected chi connectivity index (χ0v) is 5.78. The van der Waals surface area contributed by atoms with Crippen LogP contribution in [0, 0.1) is 0 Å². The van der Waals surface area contributed by atoms with Gasteiger partial charge in [-0.3, -0.25) is 0 Å². The molecule has 0 bridgehead atoms. The van der Waals surface area contributed by atoms with Crippen LogP contribution in [-0.4, -0.2) is 18.9 Å². The van der Waals surface area contributed by atoms with Crippen molar-refractivity contribution in [2.45, 2.75) is 27.2 Å². The summed E-state index contributed by atoms with van der Waals surface area (Å²) in [7, 11) is 0. The SMILES string of the molecule is CC1=CC(C)=C(C)C1.[LiH]. The first-order valence-electron chi connectivity index (χ1n) is 3.03. The third kappa shape index (κ3) is 2.05. The van der Waals surface area contributed by atoms with E-state index < -0.39 is 0 Å². The van der Waals surface area contributed by atoms with E-state index in [1.807, 2.05) is 0 Å². The predicted molar refractivity (Wildman–Crippen MR) is 43.9 cm³/mol. The minimum absolute atomic E-state index is 0. The molecule has 1 aliphatic rings. The average Bonchev–Trinajstić information content (AvgIpc) is 1.85. The zero-order chi connectivity index (χ0) is 6.15. The molecule has 0 atom stereocenters. The molecular weight excluding hydrogens is 103 g/mol. The molecule has 46 valence electrons. The van der Waals surface area contributed by atoms with Crippen LogP contribution in [0.1, 0.15) is 27.2 Å². The zero-order valence-electron chi connectivity index (χ0n) is 5.78. The van der Waals surface area contributed by atoms with Gasteiger partial charge in [-0.15, -0.1) is 0 Å². The van der Waals surface area contributed by atoms with Crippen molar-refractivity contribution < 1.29 is 0 Å². The molecule has 1 aliphatic carbocycles. The molecule has 0 heterocycles. The number of rotatable bonds is 0. The minimum atomic E-state index is 0. The quantitative estimate of drug-likeness (QED) is 0.425. The van der Waals surface area contributed by atoms with Crippen molar-refractivity contribution >= 4 is 18.9 Å². The van der Waals surface area contributed by atoms with Gasteiger partial charge in [-0.2, -0.15) is 0 Å². The van der Waals surface area contributed by atoms with E-state index in [1.165, 1.54) is 23.1 Å². The molecule has 1 heteroatoms. The molecule has 0 aromatic heterocycles. The Balaban J connectivity index is 0.000000640. The van der Waals surface area contributed by atoms with Crippen LogP contribution in [0.2, 0.25) is 0 Å². The van der Waals surface area contributed by atoms with E-state index in [4.69, 9.17) is 0 Å². The Kier molecular flexibility index (Phi) is 3.33. The first kappa shape index (κ1) is 9.08. The van der Waals surface area contributed by atoms with Crippen LogP contribution >= 0.6 is 0 Å². The van der Waals surface area contributed by atoms with Gasteiger partial charge in [0.15, 0.2) is 0 Å². The van der Waals surface area contributed by atoms with Gasteiger partial charge in [-0.05, 0) is 27.2 Å². The van der Waals surface area contributed by atoms with Crippen molar-refractivity contribution in [1.82, 2.24) is 0 Å². The van der Waals surface area contributed by atoms with Gasteiger partial charge < -0.3 is 0 Å². The van der Waals surface area contributed by atoms with Crippen LogP contribution in [-0.2, 0) is 0 Å². The fourth-order valence-electron chi connectivity index (χ4n) is 1.10. The summed E-state index contributed by atoms with van der Waals surface area (Å²) in [6.07, 6.45) is 3.46. The summed E-state index contributed by atoms with van der Waals surface area (Å²) in [6.45, 7) is 6.55. The third-order valence-electron chi connectivity index (χ3n) is 1.68. The van der Waals surface area contributed by atoms with Crippen LogP contribution in [0.25, 0.3) is 0 Å². The molecule has 0 aliphatic heterocycles. The second-order valence-corrected chi connectivity index (χ2v) is 2.63. The van der Waals surface area contributed by atoms with Crippen molar-refractivity contribution in [2.75, 3.05) is 0 Å². The van der Waals surface area contributed by atoms with E-state index >= 15 is 0 Å². The van der Waals surface area contributed by atoms with Gasteiger partial charge in [0.25, 0.3) is 0 Å². The van der Waals surface area contributed by atoms with Gasteiger partial charge in [0.05, 0.1) is 0 Å². The fourth-order valence-corrected chi connectivity index (χ4v) is 1.10. The van der Waals surface area contributed by atoms with Crippen molar-refractivity contribution in [3.8, 4) is 0 Å². The van der Waals surface area contributed by atoms with Crippen molar-refractivity contribution in [1.29, 1.82) is 0 Å². The summed E-state index contributed by atoms with van der Waals surface area (Å²) in [5, 5.41) is 0. The normalized spacial score (nSPS) is 17.4. The number of hydrogen-bond donors (Lipinski definition) is 0. The van der Waals surface area contributed by atoms with Crippen LogP contribution in [0.3, 0.4) is 0 Å². The van der Waals surface area contributed by atoms with Gasteiger partial charge in [0.1, 0.15) is 0 Å². The number of allylic oxidation sites excluding steroid dienone is 4. The molecule has 0 N–H and O–H groups in total. The third-order valence-corrected chi connectivity index (χ3v) is 1.68. The van der Waals surface area contributed by atoms with Crippen molar-refractivity contribution in [3.05, 3.63) is 22.8 Å². The molecule has 0 unspecified atom stereocenters. The van der Waals surface area contributed by atoms with E-state index in [1.54, 1.807) is 0 Å².